The Kier molecular flexibility index (Phi) is 9.57. The first-order chi connectivity index (χ1) is 13.5. The first-order valence-electron chi connectivity index (χ1n) is 9.26. The number of carbonyl (C=O) groups is 1. The zero-order valence-electron chi connectivity index (χ0n) is 17.2. The number of benzene rings is 1. The van der Waals surface area contributed by atoms with Crippen molar-refractivity contribution >= 4 is 12.1 Å². The molecule has 0 fully saturated rings. The second kappa shape index (κ2) is 11.4. The minimum absolute atomic E-state index is 0.147. The summed E-state index contributed by atoms with van der Waals surface area (Å²) in [6.45, 7) is 7.73. The molecule has 10 heteroatoms. The Bertz CT molecular complexity index is 656. The summed E-state index contributed by atoms with van der Waals surface area (Å²) >= 11 is 0. The van der Waals surface area contributed by atoms with E-state index in [1.807, 2.05) is 6.92 Å². The molecule has 0 unspecified atom stereocenters. The molecule has 0 bridgehead atoms. The van der Waals surface area contributed by atoms with E-state index in [9.17, 15) is 18.0 Å². The van der Waals surface area contributed by atoms with Crippen molar-refractivity contribution in [1.29, 1.82) is 0 Å². The van der Waals surface area contributed by atoms with Crippen LogP contribution in [0.2, 0.25) is 0 Å². The van der Waals surface area contributed by atoms with Crippen LogP contribution in [0, 0.1) is 0 Å². The van der Waals surface area contributed by atoms with Gasteiger partial charge in [-0.3, -0.25) is 0 Å². The zero-order chi connectivity index (χ0) is 21.9. The highest BCUT2D eigenvalue weighted by Crippen LogP contribution is 2.19. The highest BCUT2D eigenvalue weighted by Gasteiger charge is 2.28. The Morgan fingerprint density at radius 3 is 2.21 bits per heavy atom. The van der Waals surface area contributed by atoms with Crippen LogP contribution in [0.15, 0.2) is 29.3 Å². The number of nitrogens with zero attached hydrogens (tertiary/aromatic N) is 1. The van der Waals surface area contributed by atoms with Gasteiger partial charge in [-0.1, -0.05) is 12.1 Å². The largest absolute Gasteiger partial charge is 0.484 e. The maximum Gasteiger partial charge on any atom is 0.422 e. The van der Waals surface area contributed by atoms with Crippen molar-refractivity contribution in [2.24, 2.45) is 4.99 Å². The number of halogens is 3. The Hall–Kier alpha value is -2.65. The molecular weight excluding hydrogens is 389 g/mol. The van der Waals surface area contributed by atoms with Gasteiger partial charge in [0, 0.05) is 19.6 Å². The fourth-order valence-corrected chi connectivity index (χ4v) is 2.03. The number of carbonyl (C=O) groups excluding carboxylic acids is 1. The van der Waals surface area contributed by atoms with Crippen LogP contribution in [0.3, 0.4) is 0 Å². The predicted molar refractivity (Wildman–Crippen MR) is 105 cm³/mol. The summed E-state index contributed by atoms with van der Waals surface area (Å²) in [5.41, 5.74) is 0.259. The third-order valence-electron chi connectivity index (χ3n) is 3.18. The molecule has 7 nitrogen and oxygen atoms in total. The van der Waals surface area contributed by atoms with Gasteiger partial charge in [0.2, 0.25) is 0 Å². The molecule has 164 valence electrons. The van der Waals surface area contributed by atoms with Crippen molar-refractivity contribution in [3.8, 4) is 5.75 Å². The fourth-order valence-electron chi connectivity index (χ4n) is 2.03. The van der Waals surface area contributed by atoms with Gasteiger partial charge in [-0.2, -0.15) is 13.2 Å². The number of nitrogens with one attached hydrogen (secondary N) is 3. The van der Waals surface area contributed by atoms with Gasteiger partial charge >= 0.3 is 12.3 Å². The SMILES string of the molecule is CCNC(=NCc1ccc(OCC(F)(F)F)cc1)NCCNC(=O)OC(C)(C)C. The summed E-state index contributed by atoms with van der Waals surface area (Å²) < 4.78 is 46.3. The molecule has 1 amide bonds. The predicted octanol–water partition coefficient (Wildman–Crippen LogP) is 3.21. The van der Waals surface area contributed by atoms with Crippen molar-refractivity contribution in [1.82, 2.24) is 16.0 Å². The number of aliphatic imine (C=N–C) groups is 1. The minimum Gasteiger partial charge on any atom is -0.484 e. The van der Waals surface area contributed by atoms with E-state index in [0.29, 0.717) is 32.1 Å². The average molecular weight is 418 g/mol. The van der Waals surface area contributed by atoms with E-state index >= 15 is 0 Å². The summed E-state index contributed by atoms with van der Waals surface area (Å²) in [5, 5.41) is 8.79. The Morgan fingerprint density at radius 2 is 1.66 bits per heavy atom. The molecule has 0 heterocycles. The fraction of sp³-hybridized carbons (Fsp3) is 0.579. The second-order valence-corrected chi connectivity index (χ2v) is 7.10. The van der Waals surface area contributed by atoms with Crippen molar-refractivity contribution in [2.75, 3.05) is 26.2 Å². The quantitative estimate of drug-likeness (QED) is 0.343. The second-order valence-electron chi connectivity index (χ2n) is 7.10. The highest BCUT2D eigenvalue weighted by molar-refractivity contribution is 5.79. The zero-order valence-corrected chi connectivity index (χ0v) is 17.2. The first-order valence-corrected chi connectivity index (χ1v) is 9.26. The lowest BCUT2D eigenvalue weighted by Crippen LogP contribution is -2.42. The van der Waals surface area contributed by atoms with Crippen molar-refractivity contribution in [3.63, 3.8) is 0 Å². The van der Waals surface area contributed by atoms with Crippen LogP contribution >= 0.6 is 0 Å². The van der Waals surface area contributed by atoms with Gasteiger partial charge in [0.15, 0.2) is 12.6 Å². The maximum atomic E-state index is 12.2. The average Bonchev–Trinajstić information content (AvgIpc) is 2.60. The van der Waals surface area contributed by atoms with Crippen LogP contribution in [0.25, 0.3) is 0 Å². The van der Waals surface area contributed by atoms with Gasteiger partial charge in [-0.15, -0.1) is 0 Å². The van der Waals surface area contributed by atoms with Crippen molar-refractivity contribution in [2.45, 2.75) is 46.0 Å². The number of alkyl carbamates (subject to hydrolysis) is 1. The number of alkyl halides is 3. The van der Waals surface area contributed by atoms with Gasteiger partial charge in [-0.25, -0.2) is 9.79 Å². The number of ether oxygens (including phenoxy) is 2. The Labute approximate surface area is 169 Å². The van der Waals surface area contributed by atoms with E-state index in [0.717, 1.165) is 5.56 Å². The molecular formula is C19H29F3N4O3. The summed E-state index contributed by atoms with van der Waals surface area (Å²) in [4.78, 5) is 16.0. The Morgan fingerprint density at radius 1 is 1.03 bits per heavy atom. The number of amides is 1. The summed E-state index contributed by atoms with van der Waals surface area (Å²) in [6.07, 6.45) is -4.86. The topological polar surface area (TPSA) is 84.0 Å². The van der Waals surface area contributed by atoms with Crippen LogP contribution in [-0.4, -0.2) is 50.1 Å². The van der Waals surface area contributed by atoms with Crippen LogP contribution in [0.1, 0.15) is 33.3 Å². The standard InChI is InChI=1S/C19H29F3N4O3/c1-5-23-16(24-10-11-25-17(27)29-18(2,3)4)26-12-14-6-8-15(9-7-14)28-13-19(20,21)22/h6-9H,5,10-13H2,1-4H3,(H,25,27)(H2,23,24,26). The minimum atomic E-state index is -4.37. The highest BCUT2D eigenvalue weighted by atomic mass is 19.4. The number of hydrogen-bond acceptors (Lipinski definition) is 4. The Balaban J connectivity index is 2.46. The van der Waals surface area contributed by atoms with Crippen LogP contribution in [0.4, 0.5) is 18.0 Å². The van der Waals surface area contributed by atoms with E-state index in [-0.39, 0.29) is 5.75 Å². The van der Waals surface area contributed by atoms with Crippen molar-refractivity contribution in [3.05, 3.63) is 29.8 Å². The smallest absolute Gasteiger partial charge is 0.422 e. The molecule has 0 aromatic heterocycles. The molecule has 0 aliphatic carbocycles. The van der Waals surface area contributed by atoms with E-state index in [4.69, 9.17) is 4.74 Å². The van der Waals surface area contributed by atoms with Crippen LogP contribution in [0.5, 0.6) is 5.75 Å². The maximum absolute atomic E-state index is 12.2. The monoisotopic (exact) mass is 418 g/mol. The lowest BCUT2D eigenvalue weighted by atomic mass is 10.2. The lowest BCUT2D eigenvalue weighted by Gasteiger charge is -2.19. The third kappa shape index (κ3) is 12.4. The van der Waals surface area contributed by atoms with E-state index in [1.54, 1.807) is 32.9 Å². The molecule has 0 saturated carbocycles. The number of hydrogen-bond donors (Lipinski definition) is 3. The van der Waals surface area contributed by atoms with Crippen LogP contribution in [-0.2, 0) is 11.3 Å². The van der Waals surface area contributed by atoms with Gasteiger partial charge in [0.1, 0.15) is 11.4 Å². The van der Waals surface area contributed by atoms with Gasteiger partial charge in [-0.05, 0) is 45.4 Å². The molecule has 1 aromatic carbocycles. The molecule has 0 saturated heterocycles. The normalized spacial score (nSPS) is 12.3. The van der Waals surface area contributed by atoms with Crippen LogP contribution < -0.4 is 20.7 Å². The summed E-state index contributed by atoms with van der Waals surface area (Å²) in [5.74, 6) is 0.698. The van der Waals surface area contributed by atoms with E-state index < -0.39 is 24.5 Å². The van der Waals surface area contributed by atoms with Gasteiger partial charge in [0.25, 0.3) is 0 Å². The molecule has 1 aromatic rings. The van der Waals surface area contributed by atoms with Gasteiger partial charge < -0.3 is 25.4 Å². The first kappa shape index (κ1) is 24.4. The lowest BCUT2D eigenvalue weighted by molar-refractivity contribution is -0.153. The molecule has 0 atom stereocenters. The van der Waals surface area contributed by atoms with Crippen molar-refractivity contribution < 1.29 is 27.4 Å². The molecule has 1 rings (SSSR count). The summed E-state index contributed by atoms with van der Waals surface area (Å²) in [7, 11) is 0. The molecule has 0 spiro atoms. The molecule has 0 aliphatic heterocycles. The van der Waals surface area contributed by atoms with E-state index in [2.05, 4.69) is 25.7 Å². The third-order valence-corrected chi connectivity index (χ3v) is 3.18. The molecule has 0 radical (unpaired) electrons. The number of guanidine groups is 1. The summed E-state index contributed by atoms with van der Waals surface area (Å²) in [6, 6.07) is 6.26. The molecule has 29 heavy (non-hydrogen) atoms. The molecule has 3 N–H and O–H groups in total. The van der Waals surface area contributed by atoms with Gasteiger partial charge in [0.05, 0.1) is 6.54 Å². The number of rotatable bonds is 8. The van der Waals surface area contributed by atoms with E-state index in [1.165, 1.54) is 12.1 Å². The molecule has 0 aliphatic rings.